The van der Waals surface area contributed by atoms with Crippen LogP contribution in [0.15, 0.2) is 46.9 Å². The third kappa shape index (κ3) is 4.66. The number of benzene rings is 2. The average molecular weight is 433 g/mol. The van der Waals surface area contributed by atoms with Gasteiger partial charge in [0.15, 0.2) is 5.58 Å². The van der Waals surface area contributed by atoms with E-state index in [9.17, 15) is 9.59 Å². The summed E-state index contributed by atoms with van der Waals surface area (Å²) in [5.41, 5.74) is 5.57. The van der Waals surface area contributed by atoms with Crippen LogP contribution in [-0.2, 0) is 9.59 Å². The second kappa shape index (κ2) is 8.86. The second-order valence-corrected chi connectivity index (χ2v) is 8.34. The second-order valence-electron chi connectivity index (χ2n) is 8.34. The Morgan fingerprint density at radius 1 is 1.19 bits per heavy atom. The maximum atomic E-state index is 12.3. The van der Waals surface area contributed by atoms with E-state index in [-0.39, 0.29) is 17.9 Å². The van der Waals surface area contributed by atoms with Gasteiger partial charge in [-0.25, -0.2) is 4.98 Å². The van der Waals surface area contributed by atoms with Gasteiger partial charge < -0.3 is 19.5 Å². The Morgan fingerprint density at radius 2 is 1.91 bits per heavy atom. The molecule has 166 valence electrons. The van der Waals surface area contributed by atoms with Crippen molar-refractivity contribution in [2.24, 2.45) is 0 Å². The molecule has 2 amide bonds. The molecule has 7 nitrogen and oxygen atoms in total. The number of anilines is 2. The van der Waals surface area contributed by atoms with Crippen LogP contribution in [-0.4, -0.2) is 47.9 Å². The molecule has 1 N–H and O–H groups in total. The molecule has 3 aromatic rings. The molecule has 1 aliphatic heterocycles. The summed E-state index contributed by atoms with van der Waals surface area (Å²) in [6.45, 7) is 7.37. The number of likely N-dealkylation sites (N-methyl/N-ethyl adjacent to an activating group) is 1. The number of nitrogens with zero attached hydrogens (tertiary/aromatic N) is 3. The molecule has 7 heteroatoms. The molecule has 32 heavy (non-hydrogen) atoms. The lowest BCUT2D eigenvalue weighted by molar-refractivity contribution is -0.129. The molecule has 1 aromatic heterocycles. The highest BCUT2D eigenvalue weighted by molar-refractivity contribution is 6.01. The summed E-state index contributed by atoms with van der Waals surface area (Å²) in [4.78, 5) is 32.4. The molecule has 1 unspecified atom stereocenters. The molecular weight excluding hydrogens is 404 g/mol. The van der Waals surface area contributed by atoms with Crippen molar-refractivity contribution in [3.63, 3.8) is 0 Å². The topological polar surface area (TPSA) is 78.7 Å². The number of oxazole rings is 1. The van der Waals surface area contributed by atoms with Gasteiger partial charge in [0.2, 0.25) is 17.7 Å². The summed E-state index contributed by atoms with van der Waals surface area (Å²) in [5, 5.41) is 2.86. The molecule has 4 rings (SSSR count). The van der Waals surface area contributed by atoms with E-state index >= 15 is 0 Å². The molecule has 1 aliphatic rings. The van der Waals surface area contributed by atoms with Crippen LogP contribution in [0.4, 0.5) is 11.4 Å². The van der Waals surface area contributed by atoms with Gasteiger partial charge in [-0.15, -0.1) is 0 Å². The van der Waals surface area contributed by atoms with Gasteiger partial charge in [-0.1, -0.05) is 0 Å². The number of nitrogens with one attached hydrogen (secondary N) is 1. The van der Waals surface area contributed by atoms with E-state index in [0.29, 0.717) is 17.2 Å². The number of carbonyl (C=O) groups excluding carboxylic acids is 2. The van der Waals surface area contributed by atoms with Crippen molar-refractivity contribution in [1.82, 2.24) is 9.88 Å². The fourth-order valence-electron chi connectivity index (χ4n) is 3.91. The van der Waals surface area contributed by atoms with Crippen molar-refractivity contribution in [2.75, 3.05) is 30.4 Å². The minimum absolute atomic E-state index is 0.0889. The quantitative estimate of drug-likeness (QED) is 0.613. The number of aromatic nitrogens is 1. The Morgan fingerprint density at radius 3 is 2.62 bits per heavy atom. The molecule has 1 saturated heterocycles. The SMILES string of the molecule is CC(=O)N(C)C1CCN(c2ccc(NC(=O)/C=C/c3nc4cc(C)c(C)cc4o3)cc2)C1. The number of aryl methyl sites for hydroxylation is 2. The van der Waals surface area contributed by atoms with E-state index in [4.69, 9.17) is 4.42 Å². The fraction of sp³-hybridized carbons (Fsp3) is 0.320. The summed E-state index contributed by atoms with van der Waals surface area (Å²) in [7, 11) is 1.85. The summed E-state index contributed by atoms with van der Waals surface area (Å²) >= 11 is 0. The van der Waals surface area contributed by atoms with Crippen LogP contribution in [0.3, 0.4) is 0 Å². The number of hydrogen-bond donors (Lipinski definition) is 1. The summed E-state index contributed by atoms with van der Waals surface area (Å²) in [6.07, 6.45) is 3.94. The van der Waals surface area contributed by atoms with Crippen LogP contribution in [0.5, 0.6) is 0 Å². The highest BCUT2D eigenvalue weighted by atomic mass is 16.3. The van der Waals surface area contributed by atoms with Crippen molar-refractivity contribution in [3.8, 4) is 0 Å². The third-order valence-electron chi connectivity index (χ3n) is 6.11. The van der Waals surface area contributed by atoms with Gasteiger partial charge >= 0.3 is 0 Å². The van der Waals surface area contributed by atoms with Crippen molar-refractivity contribution in [2.45, 2.75) is 33.2 Å². The smallest absolute Gasteiger partial charge is 0.248 e. The van der Waals surface area contributed by atoms with Gasteiger partial charge in [-0.05, 0) is 67.8 Å². The van der Waals surface area contributed by atoms with Crippen LogP contribution in [0, 0.1) is 13.8 Å². The molecule has 0 radical (unpaired) electrons. The summed E-state index contributed by atoms with van der Waals surface area (Å²) in [6, 6.07) is 11.9. The molecule has 0 saturated carbocycles. The fourth-order valence-corrected chi connectivity index (χ4v) is 3.91. The molecule has 2 aromatic carbocycles. The van der Waals surface area contributed by atoms with E-state index in [1.54, 1.807) is 17.9 Å². The van der Waals surface area contributed by atoms with E-state index in [1.807, 2.05) is 57.3 Å². The zero-order valence-corrected chi connectivity index (χ0v) is 18.9. The monoisotopic (exact) mass is 432 g/mol. The number of hydrogen-bond acceptors (Lipinski definition) is 5. The zero-order chi connectivity index (χ0) is 22.8. The Kier molecular flexibility index (Phi) is 5.99. The lowest BCUT2D eigenvalue weighted by Crippen LogP contribution is -2.37. The molecule has 2 heterocycles. The molecule has 1 fully saturated rings. The van der Waals surface area contributed by atoms with Crippen molar-refractivity contribution < 1.29 is 14.0 Å². The first kappa shape index (κ1) is 21.6. The largest absolute Gasteiger partial charge is 0.437 e. The molecular formula is C25H28N4O3. The zero-order valence-electron chi connectivity index (χ0n) is 18.9. The number of amides is 2. The number of rotatable bonds is 5. The highest BCUT2D eigenvalue weighted by Gasteiger charge is 2.27. The maximum absolute atomic E-state index is 12.3. The Labute approximate surface area is 187 Å². The predicted molar refractivity (Wildman–Crippen MR) is 127 cm³/mol. The predicted octanol–water partition coefficient (Wildman–Crippen LogP) is 4.15. The van der Waals surface area contributed by atoms with Crippen LogP contribution in [0.25, 0.3) is 17.2 Å². The van der Waals surface area contributed by atoms with Gasteiger partial charge in [0, 0.05) is 50.6 Å². The van der Waals surface area contributed by atoms with E-state index in [1.165, 1.54) is 6.08 Å². The lowest BCUT2D eigenvalue weighted by atomic mass is 10.1. The van der Waals surface area contributed by atoms with Crippen molar-refractivity contribution in [3.05, 3.63) is 59.5 Å². The molecule has 0 spiro atoms. The van der Waals surface area contributed by atoms with E-state index in [2.05, 4.69) is 15.2 Å². The maximum Gasteiger partial charge on any atom is 0.248 e. The molecule has 0 aliphatic carbocycles. The van der Waals surface area contributed by atoms with Crippen LogP contribution in [0.1, 0.15) is 30.4 Å². The van der Waals surface area contributed by atoms with Gasteiger partial charge in [-0.3, -0.25) is 9.59 Å². The van der Waals surface area contributed by atoms with Gasteiger partial charge in [0.05, 0.1) is 6.04 Å². The molecule has 0 bridgehead atoms. The van der Waals surface area contributed by atoms with Crippen molar-refractivity contribution >= 4 is 40.4 Å². The standard InChI is InChI=1S/C25H28N4O3/c1-16-13-22-23(14-17(16)2)32-25(27-22)10-9-24(31)26-19-5-7-20(8-6-19)29-12-11-21(15-29)28(4)18(3)30/h5-10,13-14,21H,11-12,15H2,1-4H3,(H,26,31)/b10-9+. The van der Waals surface area contributed by atoms with Crippen molar-refractivity contribution in [1.29, 1.82) is 0 Å². The Bertz CT molecular complexity index is 1140. The van der Waals surface area contributed by atoms with Crippen LogP contribution >= 0.6 is 0 Å². The summed E-state index contributed by atoms with van der Waals surface area (Å²) < 4.78 is 5.71. The van der Waals surface area contributed by atoms with Crippen LogP contribution < -0.4 is 10.2 Å². The van der Waals surface area contributed by atoms with E-state index < -0.39 is 0 Å². The van der Waals surface area contributed by atoms with Gasteiger partial charge in [0.1, 0.15) is 5.52 Å². The lowest BCUT2D eigenvalue weighted by Gasteiger charge is -2.24. The van der Waals surface area contributed by atoms with Gasteiger partial charge in [0.25, 0.3) is 0 Å². The minimum Gasteiger partial charge on any atom is -0.437 e. The third-order valence-corrected chi connectivity index (χ3v) is 6.11. The number of carbonyl (C=O) groups is 2. The molecule has 1 atom stereocenters. The first-order chi connectivity index (χ1) is 15.3. The number of fused-ring (bicyclic) bond motifs is 1. The highest BCUT2D eigenvalue weighted by Crippen LogP contribution is 2.24. The Balaban J connectivity index is 1.35. The van der Waals surface area contributed by atoms with E-state index in [0.717, 1.165) is 41.8 Å². The normalized spacial score (nSPS) is 16.1. The first-order valence-corrected chi connectivity index (χ1v) is 10.8. The van der Waals surface area contributed by atoms with Gasteiger partial charge in [-0.2, -0.15) is 0 Å². The Hall–Kier alpha value is -3.61. The minimum atomic E-state index is -0.253. The summed E-state index contributed by atoms with van der Waals surface area (Å²) in [5.74, 6) is 0.234. The average Bonchev–Trinajstić information content (AvgIpc) is 3.40. The van der Waals surface area contributed by atoms with Crippen LogP contribution in [0.2, 0.25) is 0 Å². The first-order valence-electron chi connectivity index (χ1n) is 10.8.